The highest BCUT2D eigenvalue weighted by Crippen LogP contribution is 2.22. The van der Waals surface area contributed by atoms with Gasteiger partial charge in [-0.05, 0) is 18.4 Å². The second-order valence-corrected chi connectivity index (χ2v) is 6.68. The Labute approximate surface area is 149 Å². The van der Waals surface area contributed by atoms with Gasteiger partial charge in [0.05, 0.1) is 11.9 Å². The number of nitrogens with zero attached hydrogens (tertiary/aromatic N) is 3. The van der Waals surface area contributed by atoms with E-state index in [1.54, 1.807) is 0 Å². The van der Waals surface area contributed by atoms with Crippen molar-refractivity contribution in [2.24, 2.45) is 7.05 Å². The fourth-order valence-corrected chi connectivity index (χ4v) is 3.42. The van der Waals surface area contributed by atoms with Gasteiger partial charge in [0.1, 0.15) is 0 Å². The van der Waals surface area contributed by atoms with E-state index in [1.807, 2.05) is 60.5 Å². The number of allylic oxidation sites excluding steroid dienone is 1. The minimum absolute atomic E-state index is 0.0548. The molecular weight excluding hydrogens is 312 g/mol. The fraction of sp³-hybridized carbons (Fsp3) is 0.400. The third-order valence-electron chi connectivity index (χ3n) is 4.76. The lowest BCUT2D eigenvalue weighted by molar-refractivity contribution is -0.122. The third-order valence-corrected chi connectivity index (χ3v) is 4.76. The maximum absolute atomic E-state index is 12.5. The van der Waals surface area contributed by atoms with Gasteiger partial charge in [0.25, 0.3) is 0 Å². The van der Waals surface area contributed by atoms with Crippen LogP contribution in [0.25, 0.3) is 0 Å². The maximum atomic E-state index is 12.5. The number of carbonyl (C=O) groups is 1. The van der Waals surface area contributed by atoms with Crippen LogP contribution in [0.2, 0.25) is 0 Å². The van der Waals surface area contributed by atoms with Crippen molar-refractivity contribution in [3.8, 4) is 0 Å². The van der Waals surface area contributed by atoms with Crippen molar-refractivity contribution in [3.05, 3.63) is 60.9 Å². The van der Waals surface area contributed by atoms with Crippen molar-refractivity contribution in [2.45, 2.75) is 31.2 Å². The van der Waals surface area contributed by atoms with Gasteiger partial charge in [-0.15, -0.1) is 6.58 Å². The molecule has 2 atom stereocenters. The van der Waals surface area contributed by atoms with Gasteiger partial charge in [0, 0.05) is 44.7 Å². The molecule has 1 aromatic heterocycles. The van der Waals surface area contributed by atoms with E-state index in [0.29, 0.717) is 6.42 Å². The molecule has 2 aromatic rings. The molecule has 0 saturated carbocycles. The van der Waals surface area contributed by atoms with Gasteiger partial charge >= 0.3 is 0 Å². The number of carbonyl (C=O) groups excluding carboxylic acids is 1. The molecule has 25 heavy (non-hydrogen) atoms. The highest BCUT2D eigenvalue weighted by atomic mass is 16.1. The van der Waals surface area contributed by atoms with Gasteiger partial charge < -0.3 is 10.2 Å². The van der Waals surface area contributed by atoms with E-state index in [-0.39, 0.29) is 17.9 Å². The predicted molar refractivity (Wildman–Crippen MR) is 101 cm³/mol. The summed E-state index contributed by atoms with van der Waals surface area (Å²) in [6.07, 6.45) is 8.30. The lowest BCUT2D eigenvalue weighted by Gasteiger charge is -2.34. The van der Waals surface area contributed by atoms with Crippen molar-refractivity contribution >= 4 is 11.6 Å². The quantitative estimate of drug-likeness (QED) is 0.824. The van der Waals surface area contributed by atoms with E-state index in [9.17, 15) is 4.79 Å². The molecule has 3 rings (SSSR count). The minimum Gasteiger partial charge on any atom is -0.367 e. The van der Waals surface area contributed by atoms with Gasteiger partial charge in [-0.1, -0.05) is 36.4 Å². The van der Waals surface area contributed by atoms with E-state index in [1.165, 1.54) is 0 Å². The zero-order valence-electron chi connectivity index (χ0n) is 14.8. The highest BCUT2D eigenvalue weighted by molar-refractivity contribution is 5.77. The molecule has 1 saturated heterocycles. The molecule has 1 amide bonds. The molecular formula is C20H26N4O. The molecule has 0 unspecified atom stereocenters. The molecule has 1 aliphatic rings. The molecule has 0 bridgehead atoms. The van der Waals surface area contributed by atoms with E-state index >= 15 is 0 Å². The standard InChI is InChI=1S/C20H26N4O/c1-3-16(17-8-5-4-6-9-17)12-20(25)22-18-10-7-11-24(14-18)19-13-21-23(2)15-19/h3-6,8-9,13,15-16,18H,1,7,10-12,14H2,2H3,(H,22,25)/t16-,18+/m1/s1. The summed E-state index contributed by atoms with van der Waals surface area (Å²) in [6, 6.07) is 10.3. The highest BCUT2D eigenvalue weighted by Gasteiger charge is 2.23. The van der Waals surface area contributed by atoms with Crippen molar-refractivity contribution in [3.63, 3.8) is 0 Å². The van der Waals surface area contributed by atoms with Crippen molar-refractivity contribution in [2.75, 3.05) is 18.0 Å². The average Bonchev–Trinajstić information content (AvgIpc) is 3.07. The van der Waals surface area contributed by atoms with Gasteiger partial charge in [0.15, 0.2) is 0 Å². The summed E-state index contributed by atoms with van der Waals surface area (Å²) in [4.78, 5) is 14.8. The number of piperidine rings is 1. The Bertz CT molecular complexity index is 709. The largest absolute Gasteiger partial charge is 0.367 e. The molecule has 5 nitrogen and oxygen atoms in total. The summed E-state index contributed by atoms with van der Waals surface area (Å²) in [6.45, 7) is 5.74. The van der Waals surface area contributed by atoms with Crippen LogP contribution < -0.4 is 10.2 Å². The van der Waals surface area contributed by atoms with Crippen molar-refractivity contribution in [1.29, 1.82) is 0 Å². The van der Waals surface area contributed by atoms with Crippen LogP contribution in [0.1, 0.15) is 30.7 Å². The van der Waals surface area contributed by atoms with E-state index in [2.05, 4.69) is 21.9 Å². The molecule has 132 valence electrons. The SMILES string of the molecule is C=C[C@H](CC(=O)N[C@H]1CCCN(c2cnn(C)c2)C1)c1ccccc1. The second-order valence-electron chi connectivity index (χ2n) is 6.68. The van der Waals surface area contributed by atoms with Gasteiger partial charge in [0.2, 0.25) is 5.91 Å². The van der Waals surface area contributed by atoms with Crippen molar-refractivity contribution in [1.82, 2.24) is 15.1 Å². The summed E-state index contributed by atoms with van der Waals surface area (Å²) >= 11 is 0. The second kappa shape index (κ2) is 8.01. The molecule has 1 fully saturated rings. The summed E-state index contributed by atoms with van der Waals surface area (Å²) in [5.74, 6) is 0.144. The van der Waals surface area contributed by atoms with Crippen LogP contribution in [0.5, 0.6) is 0 Å². The van der Waals surface area contributed by atoms with Crippen LogP contribution in [0.3, 0.4) is 0 Å². The first-order valence-electron chi connectivity index (χ1n) is 8.86. The van der Waals surface area contributed by atoms with Crippen LogP contribution in [0.4, 0.5) is 5.69 Å². The summed E-state index contributed by atoms with van der Waals surface area (Å²) < 4.78 is 1.81. The number of aromatic nitrogens is 2. The Morgan fingerprint density at radius 2 is 2.24 bits per heavy atom. The predicted octanol–water partition coefficient (Wildman–Crippen LogP) is 2.87. The molecule has 1 aromatic carbocycles. The average molecular weight is 338 g/mol. The number of hydrogen-bond acceptors (Lipinski definition) is 3. The number of amides is 1. The first-order chi connectivity index (χ1) is 12.2. The van der Waals surface area contributed by atoms with Crippen LogP contribution in [0, 0.1) is 0 Å². The van der Waals surface area contributed by atoms with Crippen LogP contribution in [-0.2, 0) is 11.8 Å². The number of anilines is 1. The Kier molecular flexibility index (Phi) is 5.53. The van der Waals surface area contributed by atoms with Gasteiger partial charge in [-0.25, -0.2) is 0 Å². The molecule has 0 aliphatic carbocycles. The molecule has 0 radical (unpaired) electrons. The fourth-order valence-electron chi connectivity index (χ4n) is 3.42. The van der Waals surface area contributed by atoms with Gasteiger partial charge in [-0.2, -0.15) is 5.10 Å². The third kappa shape index (κ3) is 4.50. The topological polar surface area (TPSA) is 50.2 Å². The Morgan fingerprint density at radius 3 is 2.92 bits per heavy atom. The molecule has 0 spiro atoms. The zero-order chi connectivity index (χ0) is 17.6. The first-order valence-corrected chi connectivity index (χ1v) is 8.86. The monoisotopic (exact) mass is 338 g/mol. The van der Waals surface area contributed by atoms with Crippen LogP contribution in [0.15, 0.2) is 55.4 Å². The Balaban J connectivity index is 1.56. The number of benzene rings is 1. The van der Waals surface area contributed by atoms with Crippen LogP contribution >= 0.6 is 0 Å². The van der Waals surface area contributed by atoms with E-state index < -0.39 is 0 Å². The van der Waals surface area contributed by atoms with E-state index in [4.69, 9.17) is 0 Å². The number of hydrogen-bond donors (Lipinski definition) is 1. The molecule has 1 N–H and O–H groups in total. The molecule has 1 aliphatic heterocycles. The maximum Gasteiger partial charge on any atom is 0.221 e. The minimum atomic E-state index is 0.0548. The van der Waals surface area contributed by atoms with Crippen molar-refractivity contribution < 1.29 is 4.79 Å². The Hall–Kier alpha value is -2.56. The smallest absolute Gasteiger partial charge is 0.221 e. The summed E-state index contributed by atoms with van der Waals surface area (Å²) in [5.41, 5.74) is 2.25. The number of aryl methyl sites for hydroxylation is 1. The molecule has 5 heteroatoms. The number of rotatable bonds is 6. The van der Waals surface area contributed by atoms with Gasteiger partial charge in [-0.3, -0.25) is 9.48 Å². The van der Waals surface area contributed by atoms with E-state index in [0.717, 1.165) is 37.2 Å². The lowest BCUT2D eigenvalue weighted by atomic mass is 9.95. The number of nitrogens with one attached hydrogen (secondary N) is 1. The first kappa shape index (κ1) is 17.3. The zero-order valence-corrected chi connectivity index (χ0v) is 14.8. The summed E-state index contributed by atoms with van der Waals surface area (Å²) in [5, 5.41) is 7.44. The van der Waals surface area contributed by atoms with Crippen LogP contribution in [-0.4, -0.2) is 34.8 Å². The summed E-state index contributed by atoms with van der Waals surface area (Å²) in [7, 11) is 1.92. The normalized spacial score (nSPS) is 18.6. The Morgan fingerprint density at radius 1 is 1.44 bits per heavy atom. The molecule has 2 heterocycles. The lowest BCUT2D eigenvalue weighted by Crippen LogP contribution is -2.48.